The lowest BCUT2D eigenvalue weighted by Crippen LogP contribution is -2.40. The van der Waals surface area contributed by atoms with Crippen LogP contribution in [0.25, 0.3) is 0 Å². The summed E-state index contributed by atoms with van der Waals surface area (Å²) in [6.45, 7) is 2.39. The molecule has 1 heterocycles. The zero-order chi connectivity index (χ0) is 16.0. The molecule has 0 aliphatic carbocycles. The molecule has 1 fully saturated rings. The van der Waals surface area contributed by atoms with Crippen molar-refractivity contribution in [3.05, 3.63) is 29.8 Å². The third-order valence-corrected chi connectivity index (χ3v) is 5.27. The number of carbonyl (C=O) groups is 1. The van der Waals surface area contributed by atoms with Crippen molar-refractivity contribution in [2.24, 2.45) is 5.73 Å². The fraction of sp³-hybridized carbons (Fsp3) is 0.500. The molecule has 1 aliphatic rings. The number of hydrogen-bond acceptors (Lipinski definition) is 5. The van der Waals surface area contributed by atoms with E-state index in [1.807, 2.05) is 0 Å². The highest BCUT2D eigenvalue weighted by molar-refractivity contribution is 7.89. The molecule has 130 valence electrons. The lowest BCUT2D eigenvalue weighted by Gasteiger charge is -2.26. The number of sulfonamides is 1. The van der Waals surface area contributed by atoms with E-state index in [2.05, 4.69) is 5.32 Å². The van der Waals surface area contributed by atoms with Gasteiger partial charge in [0.05, 0.1) is 18.1 Å². The van der Waals surface area contributed by atoms with Crippen LogP contribution in [0.1, 0.15) is 16.8 Å². The minimum absolute atomic E-state index is 0. The van der Waals surface area contributed by atoms with Crippen molar-refractivity contribution in [3.8, 4) is 0 Å². The van der Waals surface area contributed by atoms with E-state index in [1.54, 1.807) is 12.1 Å². The summed E-state index contributed by atoms with van der Waals surface area (Å²) in [5.74, 6) is -0.299. The zero-order valence-corrected chi connectivity index (χ0v) is 14.4. The summed E-state index contributed by atoms with van der Waals surface area (Å²) in [5.41, 5.74) is 5.70. The number of amides is 1. The Morgan fingerprint density at radius 3 is 2.65 bits per heavy atom. The van der Waals surface area contributed by atoms with Gasteiger partial charge in [0, 0.05) is 25.2 Å². The van der Waals surface area contributed by atoms with E-state index < -0.39 is 10.0 Å². The van der Waals surface area contributed by atoms with Crippen LogP contribution in [0.2, 0.25) is 0 Å². The maximum Gasteiger partial charge on any atom is 0.251 e. The Balaban J connectivity index is 0.00000264. The molecule has 0 radical (unpaired) electrons. The molecule has 3 N–H and O–H groups in total. The van der Waals surface area contributed by atoms with Crippen LogP contribution in [0.15, 0.2) is 29.2 Å². The van der Waals surface area contributed by atoms with E-state index in [1.165, 1.54) is 16.4 Å². The van der Waals surface area contributed by atoms with Gasteiger partial charge in [-0.15, -0.1) is 12.4 Å². The Bertz CT molecular complexity index is 618. The second-order valence-corrected chi connectivity index (χ2v) is 6.88. The Hall–Kier alpha value is -1.19. The van der Waals surface area contributed by atoms with Gasteiger partial charge in [-0.2, -0.15) is 4.31 Å². The Kier molecular flexibility index (Phi) is 7.93. The maximum atomic E-state index is 12.5. The highest BCUT2D eigenvalue weighted by Gasteiger charge is 2.26. The molecule has 23 heavy (non-hydrogen) atoms. The smallest absolute Gasteiger partial charge is 0.251 e. The average Bonchev–Trinajstić information content (AvgIpc) is 2.56. The molecule has 7 nitrogen and oxygen atoms in total. The number of nitrogens with zero attached hydrogens (tertiary/aromatic N) is 1. The number of rotatable bonds is 6. The van der Waals surface area contributed by atoms with Gasteiger partial charge in [0.2, 0.25) is 10.0 Å². The normalized spacial score (nSPS) is 15.7. The molecule has 0 unspecified atom stereocenters. The molecule has 9 heteroatoms. The van der Waals surface area contributed by atoms with Crippen molar-refractivity contribution in [1.29, 1.82) is 0 Å². The Morgan fingerprint density at radius 1 is 1.30 bits per heavy atom. The van der Waals surface area contributed by atoms with Crippen LogP contribution in [0.5, 0.6) is 0 Å². The van der Waals surface area contributed by atoms with Crippen molar-refractivity contribution in [3.63, 3.8) is 0 Å². The van der Waals surface area contributed by atoms with Crippen molar-refractivity contribution in [2.75, 3.05) is 39.4 Å². The topological polar surface area (TPSA) is 102 Å². The van der Waals surface area contributed by atoms with Gasteiger partial charge in [-0.25, -0.2) is 8.42 Å². The minimum Gasteiger partial charge on any atom is -0.379 e. The van der Waals surface area contributed by atoms with E-state index in [0.29, 0.717) is 51.4 Å². The molecule has 2 rings (SSSR count). The first-order valence-corrected chi connectivity index (χ1v) is 8.66. The second-order valence-electron chi connectivity index (χ2n) is 4.94. The largest absolute Gasteiger partial charge is 0.379 e. The highest BCUT2D eigenvalue weighted by atomic mass is 35.5. The molecule has 0 aromatic heterocycles. The summed E-state index contributed by atoms with van der Waals surface area (Å²) in [7, 11) is -3.59. The standard InChI is InChI=1S/C14H21N3O4S.ClH/c15-5-2-6-16-14(18)12-3-1-4-13(11-12)22(19,20)17-7-9-21-10-8-17;/h1,3-4,11H,2,5-10,15H2,(H,16,18);1H. The molecule has 1 aromatic carbocycles. The highest BCUT2D eigenvalue weighted by Crippen LogP contribution is 2.18. The van der Waals surface area contributed by atoms with Crippen molar-refractivity contribution in [2.45, 2.75) is 11.3 Å². The summed E-state index contributed by atoms with van der Waals surface area (Å²) in [6, 6.07) is 6.07. The molecule has 1 saturated heterocycles. The number of ether oxygens (including phenoxy) is 1. The van der Waals surface area contributed by atoms with Crippen molar-refractivity contribution in [1.82, 2.24) is 9.62 Å². The summed E-state index contributed by atoms with van der Waals surface area (Å²) < 4.78 is 31.6. The summed E-state index contributed by atoms with van der Waals surface area (Å²) in [5, 5.41) is 2.71. The average molecular weight is 364 g/mol. The van der Waals surface area contributed by atoms with Gasteiger partial charge in [0.15, 0.2) is 0 Å². The molecule has 0 bridgehead atoms. The van der Waals surface area contributed by atoms with E-state index in [9.17, 15) is 13.2 Å². The summed E-state index contributed by atoms with van der Waals surface area (Å²) in [6.07, 6.45) is 0.678. The van der Waals surface area contributed by atoms with E-state index in [0.717, 1.165) is 0 Å². The SMILES string of the molecule is Cl.NCCCNC(=O)c1cccc(S(=O)(=O)N2CCOCC2)c1. The number of hydrogen-bond donors (Lipinski definition) is 2. The molecular formula is C14H22ClN3O4S. The zero-order valence-electron chi connectivity index (χ0n) is 12.7. The van der Waals surface area contributed by atoms with Gasteiger partial charge in [-0.05, 0) is 31.2 Å². The van der Waals surface area contributed by atoms with E-state index >= 15 is 0 Å². The number of nitrogens with two attached hydrogens (primary N) is 1. The van der Waals surface area contributed by atoms with Crippen LogP contribution in [0.3, 0.4) is 0 Å². The fourth-order valence-electron chi connectivity index (χ4n) is 2.14. The van der Waals surface area contributed by atoms with E-state index in [4.69, 9.17) is 10.5 Å². The number of benzene rings is 1. The van der Waals surface area contributed by atoms with Crippen LogP contribution in [-0.2, 0) is 14.8 Å². The molecular weight excluding hydrogens is 342 g/mol. The van der Waals surface area contributed by atoms with Crippen molar-refractivity contribution >= 4 is 28.3 Å². The lowest BCUT2D eigenvalue weighted by atomic mass is 10.2. The van der Waals surface area contributed by atoms with Gasteiger partial charge in [-0.1, -0.05) is 6.07 Å². The molecule has 0 spiro atoms. The maximum absolute atomic E-state index is 12.5. The van der Waals surface area contributed by atoms with Crippen molar-refractivity contribution < 1.29 is 17.9 Å². The van der Waals surface area contributed by atoms with Crippen LogP contribution >= 0.6 is 12.4 Å². The summed E-state index contributed by atoms with van der Waals surface area (Å²) in [4.78, 5) is 12.1. The third-order valence-electron chi connectivity index (χ3n) is 3.37. The fourth-order valence-corrected chi connectivity index (χ4v) is 3.59. The third kappa shape index (κ3) is 5.15. The quantitative estimate of drug-likeness (QED) is 0.703. The van der Waals surface area contributed by atoms with Gasteiger partial charge in [0.1, 0.15) is 0 Å². The summed E-state index contributed by atoms with van der Waals surface area (Å²) >= 11 is 0. The number of nitrogens with one attached hydrogen (secondary N) is 1. The van der Waals surface area contributed by atoms with Crippen LogP contribution in [-0.4, -0.2) is 58.0 Å². The monoisotopic (exact) mass is 363 g/mol. The Labute approximate surface area is 142 Å². The van der Waals surface area contributed by atoms with Gasteiger partial charge < -0.3 is 15.8 Å². The van der Waals surface area contributed by atoms with Gasteiger partial charge in [-0.3, -0.25) is 4.79 Å². The number of halogens is 1. The molecule has 1 aliphatic heterocycles. The van der Waals surface area contributed by atoms with Crippen LogP contribution < -0.4 is 11.1 Å². The van der Waals surface area contributed by atoms with E-state index in [-0.39, 0.29) is 23.2 Å². The molecule has 0 saturated carbocycles. The molecule has 1 amide bonds. The number of morpholine rings is 1. The predicted octanol–water partition coefficient (Wildman–Crippen LogP) is 0.208. The molecule has 0 atom stereocenters. The van der Waals surface area contributed by atoms with Gasteiger partial charge in [0.25, 0.3) is 5.91 Å². The second kappa shape index (κ2) is 9.19. The minimum atomic E-state index is -3.59. The predicted molar refractivity (Wildman–Crippen MR) is 89.3 cm³/mol. The Morgan fingerprint density at radius 2 is 2.00 bits per heavy atom. The van der Waals surface area contributed by atoms with Crippen LogP contribution in [0.4, 0.5) is 0 Å². The first-order chi connectivity index (χ1) is 10.6. The molecule has 1 aromatic rings. The first-order valence-electron chi connectivity index (χ1n) is 7.22. The number of carbonyl (C=O) groups excluding carboxylic acids is 1. The first kappa shape index (κ1) is 19.9. The lowest BCUT2D eigenvalue weighted by molar-refractivity contribution is 0.0730. The van der Waals surface area contributed by atoms with Crippen LogP contribution in [0, 0.1) is 0 Å². The van der Waals surface area contributed by atoms with Gasteiger partial charge >= 0.3 is 0 Å².